The number of methoxy groups -OCH3 is 1. The highest BCUT2D eigenvalue weighted by atomic mass is 16.6. The number of fused-ring (bicyclic) bond motifs is 1. The van der Waals surface area contributed by atoms with Crippen LogP contribution in [-0.2, 0) is 16.5 Å². The van der Waals surface area contributed by atoms with Crippen molar-refractivity contribution in [1.29, 1.82) is 0 Å². The van der Waals surface area contributed by atoms with Gasteiger partial charge >= 0.3 is 5.65 Å². The second kappa shape index (κ2) is 5.32. The zero-order valence-electron chi connectivity index (χ0n) is 12.1. The Kier molecular flexibility index (Phi) is 3.60. The minimum Gasteiger partial charge on any atom is -0.856 e. The molecule has 1 saturated heterocycles. The first-order valence-electron chi connectivity index (χ1n) is 6.65. The molecule has 0 spiro atoms. The Bertz CT molecular complexity index is 705. The van der Waals surface area contributed by atoms with E-state index < -0.39 is 30.4 Å². The van der Waals surface area contributed by atoms with Crippen LogP contribution >= 0.6 is 0 Å². The molecule has 1 aliphatic rings. The quantitative estimate of drug-likeness (QED) is 0.515. The van der Waals surface area contributed by atoms with Crippen LogP contribution in [0, 0.1) is 0 Å². The second-order valence-electron chi connectivity index (χ2n) is 5.13. The predicted molar refractivity (Wildman–Crippen MR) is 70.4 cm³/mol. The number of rotatable bonds is 3. The minimum absolute atomic E-state index is 0.149. The largest absolute Gasteiger partial charge is 0.856 e. The van der Waals surface area contributed by atoms with Crippen LogP contribution in [0.4, 0.5) is 5.95 Å². The van der Waals surface area contributed by atoms with E-state index in [-0.39, 0.29) is 23.7 Å². The normalized spacial score (nSPS) is 28.5. The van der Waals surface area contributed by atoms with Gasteiger partial charge in [-0.2, -0.15) is 0 Å². The highest BCUT2D eigenvalue weighted by Crippen LogP contribution is 2.29. The van der Waals surface area contributed by atoms with Crippen molar-refractivity contribution < 1.29 is 29.4 Å². The molecule has 4 unspecified atom stereocenters. The van der Waals surface area contributed by atoms with Crippen molar-refractivity contribution in [2.24, 2.45) is 7.05 Å². The number of hydrogen-bond donors (Lipinski definition) is 3. The lowest BCUT2D eigenvalue weighted by atomic mass is 10.1. The van der Waals surface area contributed by atoms with Crippen molar-refractivity contribution >= 4 is 17.1 Å². The molecule has 4 N–H and O–H groups in total. The molecule has 4 atom stereocenters. The van der Waals surface area contributed by atoms with Gasteiger partial charge in [-0.25, -0.2) is 9.55 Å². The van der Waals surface area contributed by atoms with Crippen LogP contribution in [0.5, 0.6) is 5.88 Å². The fourth-order valence-electron chi connectivity index (χ4n) is 2.76. The number of aromatic nitrogens is 4. The first kappa shape index (κ1) is 14.9. The summed E-state index contributed by atoms with van der Waals surface area (Å²) in [6.45, 7) is -0.354. The summed E-state index contributed by atoms with van der Waals surface area (Å²) in [4.78, 5) is 7.68. The average molecular weight is 311 g/mol. The third kappa shape index (κ3) is 2.08. The van der Waals surface area contributed by atoms with Crippen LogP contribution in [0.3, 0.4) is 0 Å². The number of aliphatic hydroxyl groups excluding tert-OH is 2. The summed E-state index contributed by atoms with van der Waals surface area (Å²) in [5, 5.41) is 31.3. The van der Waals surface area contributed by atoms with Crippen LogP contribution < -0.4 is 15.4 Å². The summed E-state index contributed by atoms with van der Waals surface area (Å²) in [6.07, 6.45) is -1.69. The second-order valence-corrected chi connectivity index (χ2v) is 5.13. The fourth-order valence-corrected chi connectivity index (χ4v) is 2.76. The predicted octanol–water partition coefficient (Wildman–Crippen LogP) is -2.82. The van der Waals surface area contributed by atoms with Crippen LogP contribution in [-0.4, -0.2) is 56.8 Å². The van der Waals surface area contributed by atoms with Gasteiger partial charge in [0.1, 0.15) is 18.3 Å². The zero-order chi connectivity index (χ0) is 16.0. The molecule has 2 aromatic rings. The Morgan fingerprint density at radius 3 is 2.91 bits per heavy atom. The van der Waals surface area contributed by atoms with Gasteiger partial charge in [0.05, 0.1) is 13.7 Å². The first-order valence-corrected chi connectivity index (χ1v) is 6.65. The van der Waals surface area contributed by atoms with Crippen molar-refractivity contribution in [2.45, 2.75) is 24.5 Å². The molecule has 3 rings (SSSR count). The van der Waals surface area contributed by atoms with Crippen LogP contribution in [0.25, 0.3) is 11.2 Å². The van der Waals surface area contributed by atoms with Gasteiger partial charge in [0.25, 0.3) is 5.95 Å². The molecule has 22 heavy (non-hydrogen) atoms. The van der Waals surface area contributed by atoms with Gasteiger partial charge < -0.3 is 30.5 Å². The maximum atomic E-state index is 12.0. The number of imidazole rings is 1. The number of anilines is 1. The summed E-state index contributed by atoms with van der Waals surface area (Å²) >= 11 is 0. The van der Waals surface area contributed by atoms with Crippen LogP contribution in [0.1, 0.15) is 6.23 Å². The van der Waals surface area contributed by atoms with Crippen molar-refractivity contribution in [3.8, 4) is 5.88 Å². The van der Waals surface area contributed by atoms with Gasteiger partial charge in [0.15, 0.2) is 11.8 Å². The van der Waals surface area contributed by atoms with Crippen molar-refractivity contribution in [3.05, 3.63) is 6.33 Å². The molecule has 0 amide bonds. The van der Waals surface area contributed by atoms with Crippen molar-refractivity contribution in [2.75, 3.05) is 19.5 Å². The highest BCUT2D eigenvalue weighted by Gasteiger charge is 2.47. The fraction of sp³-hybridized carbons (Fsp3) is 0.583. The molecule has 0 radical (unpaired) electrons. The summed E-state index contributed by atoms with van der Waals surface area (Å²) in [5.41, 5.74) is 6.08. The molecule has 10 nitrogen and oxygen atoms in total. The molecule has 3 heterocycles. The summed E-state index contributed by atoms with van der Waals surface area (Å²) in [7, 11) is 3.09. The topological polar surface area (TPSA) is 143 Å². The number of nitrogens with zero attached hydrogens (tertiary/aromatic N) is 4. The molecule has 0 saturated carbocycles. The monoisotopic (exact) mass is 311 g/mol. The molecule has 0 bridgehead atoms. The lowest BCUT2D eigenvalue weighted by Crippen LogP contribution is -2.46. The number of aryl methyl sites for hydroxylation is 1. The molecule has 120 valence electrons. The van der Waals surface area contributed by atoms with Crippen molar-refractivity contribution in [3.63, 3.8) is 0 Å². The molecule has 2 aromatic heterocycles. The van der Waals surface area contributed by atoms with Gasteiger partial charge in [0.2, 0.25) is 6.23 Å². The maximum Gasteiger partial charge on any atom is 0.309 e. The van der Waals surface area contributed by atoms with E-state index in [2.05, 4.69) is 9.97 Å². The van der Waals surface area contributed by atoms with E-state index in [1.54, 1.807) is 22.5 Å². The third-order valence-electron chi connectivity index (χ3n) is 3.78. The van der Waals surface area contributed by atoms with E-state index >= 15 is 0 Å². The van der Waals surface area contributed by atoms with Crippen molar-refractivity contribution in [1.82, 2.24) is 14.5 Å². The van der Waals surface area contributed by atoms with Crippen LogP contribution in [0.2, 0.25) is 0 Å². The first-order chi connectivity index (χ1) is 10.5. The average Bonchev–Trinajstić information content (AvgIpc) is 2.96. The van der Waals surface area contributed by atoms with Gasteiger partial charge in [-0.05, 0) is 0 Å². The Labute approximate surface area is 125 Å². The van der Waals surface area contributed by atoms with E-state index in [4.69, 9.17) is 15.2 Å². The maximum absolute atomic E-state index is 12.0. The Balaban J connectivity index is 2.14. The molecule has 0 aromatic carbocycles. The van der Waals surface area contributed by atoms with E-state index in [1.165, 1.54) is 7.11 Å². The number of ether oxygens (including phenoxy) is 2. The van der Waals surface area contributed by atoms with E-state index in [9.17, 15) is 15.3 Å². The molecular weight excluding hydrogens is 294 g/mol. The van der Waals surface area contributed by atoms with Crippen LogP contribution in [0.15, 0.2) is 6.33 Å². The Morgan fingerprint density at radius 1 is 1.55 bits per heavy atom. The number of nitrogens with two attached hydrogens (primary N) is 1. The lowest BCUT2D eigenvalue weighted by Gasteiger charge is -2.16. The number of nitrogen functional groups attached to an aromatic ring is 1. The SMILES string of the molecule is COC1C(O)C(CO)OC1[n+]1cn(C)c2c([O-])nc(N)nc21. The zero-order valence-corrected chi connectivity index (χ0v) is 12.1. The van der Waals surface area contributed by atoms with E-state index in [0.29, 0.717) is 0 Å². The third-order valence-corrected chi connectivity index (χ3v) is 3.78. The number of aliphatic hydroxyl groups is 2. The number of hydrogen-bond acceptors (Lipinski definition) is 8. The Hall–Kier alpha value is -2.01. The van der Waals surface area contributed by atoms with Gasteiger partial charge in [-0.3, -0.25) is 4.57 Å². The molecule has 1 aliphatic heterocycles. The summed E-state index contributed by atoms with van der Waals surface area (Å²) in [6, 6.07) is 0. The summed E-state index contributed by atoms with van der Waals surface area (Å²) < 4.78 is 14.0. The lowest BCUT2D eigenvalue weighted by molar-refractivity contribution is -0.746. The smallest absolute Gasteiger partial charge is 0.309 e. The molecular formula is C12H17N5O5. The minimum atomic E-state index is -1.01. The summed E-state index contributed by atoms with van der Waals surface area (Å²) in [5.74, 6) is -0.654. The van der Waals surface area contributed by atoms with Gasteiger partial charge in [-0.1, -0.05) is 4.98 Å². The molecule has 0 aliphatic carbocycles. The van der Waals surface area contributed by atoms with Gasteiger partial charge in [0, 0.05) is 13.0 Å². The molecule has 10 heteroatoms. The van der Waals surface area contributed by atoms with Gasteiger partial charge in [-0.15, -0.1) is 0 Å². The van der Waals surface area contributed by atoms with E-state index in [1.807, 2.05) is 0 Å². The Morgan fingerprint density at radius 2 is 2.27 bits per heavy atom. The van der Waals surface area contributed by atoms with E-state index in [0.717, 1.165) is 0 Å². The molecule has 1 fully saturated rings. The highest BCUT2D eigenvalue weighted by molar-refractivity contribution is 5.74. The standard InChI is InChI=1S/C12H17N5O5/c1-16-4-17(9-6(16)10(20)15-12(13)14-9)11-8(21-2)7(19)5(3-18)22-11/h4-5,7-8,11,18-19H,3H2,1-2H3,(H2-,13,14,15,20).